The average Bonchev–Trinajstić information content (AvgIpc) is 3.62. The molecule has 0 spiro atoms. The van der Waals surface area contributed by atoms with Crippen molar-refractivity contribution in [2.24, 2.45) is 5.92 Å². The minimum Gasteiger partial charge on any atom is -0.508 e. The molecule has 176 valence electrons. The van der Waals surface area contributed by atoms with Gasteiger partial charge in [0.15, 0.2) is 0 Å². The molecule has 0 radical (unpaired) electrons. The number of phenolic OH excluding ortho intramolecular Hbond substituents is 1. The third-order valence-electron chi connectivity index (χ3n) is 9.18. The largest absolute Gasteiger partial charge is 0.508 e. The lowest BCUT2D eigenvalue weighted by Crippen LogP contribution is -2.71. The molecular weight excluding hydrogens is 410 g/mol. The molecule has 2 saturated heterocycles. The number of aryl methyl sites for hydroxylation is 1. The number of phenols is 1. The van der Waals surface area contributed by atoms with Crippen molar-refractivity contribution < 1.29 is 10.2 Å². The van der Waals surface area contributed by atoms with Crippen molar-refractivity contribution >= 4 is 0 Å². The highest BCUT2D eigenvalue weighted by molar-refractivity contribution is 5.48. The van der Waals surface area contributed by atoms with E-state index < -0.39 is 5.60 Å². The fourth-order valence-corrected chi connectivity index (χ4v) is 7.14. The molecule has 1 saturated carbocycles. The van der Waals surface area contributed by atoms with E-state index in [0.29, 0.717) is 5.75 Å². The Morgan fingerprint density at radius 1 is 1.06 bits per heavy atom. The Labute approximate surface area is 197 Å². The monoisotopic (exact) mass is 447 g/mol. The van der Waals surface area contributed by atoms with Crippen molar-refractivity contribution in [3.8, 4) is 5.75 Å². The molecule has 3 fully saturated rings. The number of aromatic nitrogens is 1. The lowest BCUT2D eigenvalue weighted by molar-refractivity contribution is -0.149. The van der Waals surface area contributed by atoms with Crippen molar-refractivity contribution in [3.63, 3.8) is 0 Å². The number of piperidine rings is 1. The highest BCUT2D eigenvalue weighted by Gasteiger charge is 2.63. The highest BCUT2D eigenvalue weighted by atomic mass is 16.3. The quantitative estimate of drug-likeness (QED) is 0.735. The summed E-state index contributed by atoms with van der Waals surface area (Å²) in [4.78, 5) is 9.72. The second-order valence-electron chi connectivity index (χ2n) is 11.2. The van der Waals surface area contributed by atoms with Gasteiger partial charge in [-0.1, -0.05) is 6.07 Å². The second kappa shape index (κ2) is 8.07. The molecule has 1 aromatic carbocycles. The van der Waals surface area contributed by atoms with Gasteiger partial charge < -0.3 is 15.1 Å². The van der Waals surface area contributed by atoms with Gasteiger partial charge in [0.1, 0.15) is 5.75 Å². The molecule has 4 aliphatic rings. The first-order valence-corrected chi connectivity index (χ1v) is 12.9. The Morgan fingerprint density at radius 3 is 2.70 bits per heavy atom. The van der Waals surface area contributed by atoms with E-state index in [4.69, 9.17) is 0 Å². The van der Waals surface area contributed by atoms with Crippen LogP contribution in [0.3, 0.4) is 0 Å². The summed E-state index contributed by atoms with van der Waals surface area (Å²) in [5.41, 5.74) is 3.96. The molecule has 1 aromatic heterocycles. The van der Waals surface area contributed by atoms with Crippen LogP contribution in [0.25, 0.3) is 0 Å². The second-order valence-corrected chi connectivity index (χ2v) is 11.2. The maximum atomic E-state index is 12.6. The lowest BCUT2D eigenvalue weighted by atomic mass is 9.52. The number of pyridine rings is 1. The minimum atomic E-state index is -0.739. The predicted octanol–water partition coefficient (Wildman–Crippen LogP) is 3.44. The van der Waals surface area contributed by atoms with Gasteiger partial charge in [0, 0.05) is 49.4 Å². The molecule has 2 aliphatic carbocycles. The summed E-state index contributed by atoms with van der Waals surface area (Å²) in [6, 6.07) is 10.3. The smallest absolute Gasteiger partial charge is 0.115 e. The summed E-state index contributed by atoms with van der Waals surface area (Å²) in [5, 5.41) is 22.9. The van der Waals surface area contributed by atoms with Crippen LogP contribution in [-0.4, -0.2) is 69.4 Å². The van der Waals surface area contributed by atoms with Crippen LogP contribution < -0.4 is 0 Å². The number of fused-ring (bicyclic) bond motifs is 1. The van der Waals surface area contributed by atoms with E-state index in [2.05, 4.69) is 39.9 Å². The van der Waals surface area contributed by atoms with Crippen LogP contribution in [0.2, 0.25) is 0 Å². The third-order valence-corrected chi connectivity index (χ3v) is 9.18. The fourth-order valence-electron chi connectivity index (χ4n) is 7.14. The number of nitrogens with zero attached hydrogens (tertiary/aromatic N) is 3. The van der Waals surface area contributed by atoms with Crippen molar-refractivity contribution in [2.45, 2.75) is 68.9 Å². The Bertz CT molecular complexity index is 1040. The molecule has 3 atom stereocenters. The molecule has 2 aliphatic heterocycles. The molecule has 2 N–H and O–H groups in total. The zero-order valence-corrected chi connectivity index (χ0v) is 19.8. The summed E-state index contributed by atoms with van der Waals surface area (Å²) >= 11 is 0. The molecule has 3 heterocycles. The van der Waals surface area contributed by atoms with E-state index in [1.165, 1.54) is 29.5 Å². The number of rotatable bonds is 5. The maximum Gasteiger partial charge on any atom is 0.115 e. The molecule has 5 nitrogen and oxygen atoms in total. The van der Waals surface area contributed by atoms with Crippen molar-refractivity contribution in [1.82, 2.24) is 14.8 Å². The zero-order valence-electron chi connectivity index (χ0n) is 19.8. The molecule has 2 bridgehead atoms. The summed E-state index contributed by atoms with van der Waals surface area (Å²) in [6.07, 6.45) is 9.18. The normalized spacial score (nSPS) is 32.1. The average molecular weight is 448 g/mol. The molecular formula is C28H37N3O2. The van der Waals surface area contributed by atoms with Gasteiger partial charge in [-0.25, -0.2) is 0 Å². The van der Waals surface area contributed by atoms with Crippen LogP contribution in [0.1, 0.15) is 54.5 Å². The van der Waals surface area contributed by atoms with E-state index in [-0.39, 0.29) is 11.5 Å². The van der Waals surface area contributed by atoms with Gasteiger partial charge in [-0.15, -0.1) is 0 Å². The standard InChI is InChI=1S/C28H37N3O2/c1-20-6-11-29-23(16-20)7-12-30-13-8-27-9-15-31(19-21-2-3-21)26(28(27,33)10-14-30)17-22-4-5-24(32)18-25(22)27/h4-6,11,16,18,21,26,32-33H,2-3,7-10,12-15,17,19H2,1H3/t26-,27+,28-/m1/s1. The molecule has 5 heteroatoms. The van der Waals surface area contributed by atoms with Crippen molar-refractivity contribution in [1.29, 1.82) is 0 Å². The lowest BCUT2D eigenvalue weighted by Gasteiger charge is -2.61. The van der Waals surface area contributed by atoms with Gasteiger partial charge in [0.05, 0.1) is 5.60 Å². The van der Waals surface area contributed by atoms with Crippen molar-refractivity contribution in [2.75, 3.05) is 32.7 Å². The number of hydrogen-bond donors (Lipinski definition) is 2. The van der Waals surface area contributed by atoms with Gasteiger partial charge in [0.25, 0.3) is 0 Å². The first kappa shape index (κ1) is 21.6. The van der Waals surface area contributed by atoms with E-state index in [1.807, 2.05) is 18.3 Å². The SMILES string of the molecule is Cc1ccnc(CCN2CC[C@]34CCN(CC5CC5)[C@H](Cc5ccc(O)cc53)[C@]4(O)CC2)c1. The molecule has 0 amide bonds. The summed E-state index contributed by atoms with van der Waals surface area (Å²) in [6.45, 7) is 7.21. The van der Waals surface area contributed by atoms with Crippen LogP contribution in [0, 0.1) is 12.8 Å². The van der Waals surface area contributed by atoms with Gasteiger partial charge >= 0.3 is 0 Å². The van der Waals surface area contributed by atoms with E-state index in [0.717, 1.165) is 76.4 Å². The van der Waals surface area contributed by atoms with Crippen LogP contribution in [-0.2, 0) is 18.3 Å². The first-order chi connectivity index (χ1) is 16.0. The summed E-state index contributed by atoms with van der Waals surface area (Å²) in [7, 11) is 0. The molecule has 0 unspecified atom stereocenters. The minimum absolute atomic E-state index is 0.183. The molecule has 2 aromatic rings. The zero-order chi connectivity index (χ0) is 22.6. The van der Waals surface area contributed by atoms with Gasteiger partial charge in [-0.2, -0.15) is 0 Å². The topological polar surface area (TPSA) is 59.8 Å². The van der Waals surface area contributed by atoms with E-state index >= 15 is 0 Å². The third kappa shape index (κ3) is 3.69. The van der Waals surface area contributed by atoms with E-state index in [1.54, 1.807) is 0 Å². The summed E-state index contributed by atoms with van der Waals surface area (Å²) < 4.78 is 0. The van der Waals surface area contributed by atoms with Crippen LogP contribution in [0.4, 0.5) is 0 Å². The van der Waals surface area contributed by atoms with Gasteiger partial charge in [0.2, 0.25) is 0 Å². The van der Waals surface area contributed by atoms with Crippen LogP contribution in [0.15, 0.2) is 36.5 Å². The van der Waals surface area contributed by atoms with E-state index in [9.17, 15) is 10.2 Å². The Balaban J connectivity index is 1.30. The van der Waals surface area contributed by atoms with Crippen molar-refractivity contribution in [3.05, 3.63) is 58.9 Å². The molecule has 6 rings (SSSR count). The Kier molecular flexibility index (Phi) is 5.28. The Hall–Kier alpha value is -1.95. The Morgan fingerprint density at radius 2 is 1.88 bits per heavy atom. The number of aliphatic hydroxyl groups is 1. The maximum absolute atomic E-state index is 12.6. The number of aromatic hydroxyl groups is 1. The van der Waals surface area contributed by atoms with Gasteiger partial charge in [-0.3, -0.25) is 9.88 Å². The summed E-state index contributed by atoms with van der Waals surface area (Å²) in [5.74, 6) is 1.15. The number of hydrogen-bond acceptors (Lipinski definition) is 5. The highest BCUT2D eigenvalue weighted by Crippen LogP contribution is 2.56. The number of likely N-dealkylation sites (tertiary alicyclic amines) is 2. The fraction of sp³-hybridized carbons (Fsp3) is 0.607. The van der Waals surface area contributed by atoms with Gasteiger partial charge in [-0.05, 0) is 105 Å². The van der Waals surface area contributed by atoms with Crippen LogP contribution in [0.5, 0.6) is 5.75 Å². The predicted molar refractivity (Wildman–Crippen MR) is 129 cm³/mol. The van der Waals surface area contributed by atoms with Crippen LogP contribution >= 0.6 is 0 Å². The first-order valence-electron chi connectivity index (χ1n) is 12.9. The number of benzene rings is 1. The molecule has 33 heavy (non-hydrogen) atoms.